The van der Waals surface area contributed by atoms with E-state index in [1.165, 1.54) is 5.56 Å². The van der Waals surface area contributed by atoms with Crippen LogP contribution in [0.1, 0.15) is 12.5 Å². The van der Waals surface area contributed by atoms with E-state index in [0.29, 0.717) is 6.54 Å². The number of nitrogens with one attached hydrogen (secondary N) is 2. The summed E-state index contributed by atoms with van der Waals surface area (Å²) in [5.74, 6) is 0. The van der Waals surface area contributed by atoms with Crippen molar-refractivity contribution in [2.75, 3.05) is 19.6 Å². The van der Waals surface area contributed by atoms with Crippen molar-refractivity contribution in [1.82, 2.24) is 10.6 Å². The molecule has 0 unspecified atom stereocenters. The molecule has 1 rings (SSSR count). The number of hydrogen-bond acceptors (Lipinski definition) is 3. The molecule has 3 N–H and O–H groups in total. The molecule has 3 nitrogen and oxygen atoms in total. The van der Waals surface area contributed by atoms with Crippen molar-refractivity contribution in [3.63, 3.8) is 0 Å². The SMILES string of the molecule is C[C@@H](O)CNCCNCc1cccc(Cl)c1. The van der Waals surface area contributed by atoms with E-state index in [4.69, 9.17) is 16.7 Å². The summed E-state index contributed by atoms with van der Waals surface area (Å²) < 4.78 is 0. The summed E-state index contributed by atoms with van der Waals surface area (Å²) in [6.07, 6.45) is -0.284. The predicted octanol–water partition coefficient (Wildman–Crippen LogP) is 1.40. The van der Waals surface area contributed by atoms with Crippen LogP contribution in [0.15, 0.2) is 24.3 Å². The van der Waals surface area contributed by atoms with E-state index >= 15 is 0 Å². The highest BCUT2D eigenvalue weighted by Gasteiger charge is 1.95. The van der Waals surface area contributed by atoms with Crippen LogP contribution in [0.3, 0.4) is 0 Å². The van der Waals surface area contributed by atoms with Gasteiger partial charge in [0.25, 0.3) is 0 Å². The summed E-state index contributed by atoms with van der Waals surface area (Å²) in [7, 11) is 0. The van der Waals surface area contributed by atoms with E-state index in [1.54, 1.807) is 6.92 Å². The Morgan fingerprint density at radius 1 is 1.31 bits per heavy atom. The second-order valence-corrected chi connectivity index (χ2v) is 4.30. The fourth-order valence-electron chi connectivity index (χ4n) is 1.37. The Kier molecular flexibility index (Phi) is 6.42. The van der Waals surface area contributed by atoms with Crippen LogP contribution >= 0.6 is 11.6 Å². The van der Waals surface area contributed by atoms with Gasteiger partial charge in [-0.2, -0.15) is 0 Å². The van der Waals surface area contributed by atoms with Gasteiger partial charge in [-0.15, -0.1) is 0 Å². The van der Waals surface area contributed by atoms with Gasteiger partial charge in [0.05, 0.1) is 6.10 Å². The Morgan fingerprint density at radius 3 is 2.75 bits per heavy atom. The van der Waals surface area contributed by atoms with Gasteiger partial charge in [0, 0.05) is 31.2 Å². The second-order valence-electron chi connectivity index (χ2n) is 3.86. The summed E-state index contributed by atoms with van der Waals surface area (Å²) in [6.45, 7) is 4.95. The average Bonchev–Trinajstić information content (AvgIpc) is 2.23. The topological polar surface area (TPSA) is 44.3 Å². The van der Waals surface area contributed by atoms with Gasteiger partial charge in [0.2, 0.25) is 0 Å². The second kappa shape index (κ2) is 7.63. The minimum atomic E-state index is -0.284. The molecule has 0 spiro atoms. The van der Waals surface area contributed by atoms with E-state index in [9.17, 15) is 0 Å². The van der Waals surface area contributed by atoms with Crippen molar-refractivity contribution in [3.05, 3.63) is 34.9 Å². The van der Waals surface area contributed by atoms with Crippen LogP contribution in [0.2, 0.25) is 5.02 Å². The van der Waals surface area contributed by atoms with Gasteiger partial charge in [-0.3, -0.25) is 0 Å². The molecule has 0 saturated carbocycles. The quantitative estimate of drug-likeness (QED) is 0.634. The molecule has 0 aromatic heterocycles. The fourth-order valence-corrected chi connectivity index (χ4v) is 1.58. The molecule has 1 aromatic carbocycles. The van der Waals surface area contributed by atoms with E-state index in [0.717, 1.165) is 24.7 Å². The first-order valence-electron chi connectivity index (χ1n) is 5.52. The Bertz CT molecular complexity index is 305. The molecule has 0 fully saturated rings. The van der Waals surface area contributed by atoms with Gasteiger partial charge < -0.3 is 15.7 Å². The summed E-state index contributed by atoms with van der Waals surface area (Å²) in [6, 6.07) is 7.82. The lowest BCUT2D eigenvalue weighted by Crippen LogP contribution is -2.31. The van der Waals surface area contributed by atoms with Crippen LogP contribution in [0, 0.1) is 0 Å². The van der Waals surface area contributed by atoms with Crippen LogP contribution in [-0.4, -0.2) is 30.8 Å². The van der Waals surface area contributed by atoms with Gasteiger partial charge in [0.1, 0.15) is 0 Å². The van der Waals surface area contributed by atoms with Gasteiger partial charge in [-0.1, -0.05) is 23.7 Å². The standard InChI is InChI=1S/C12H19ClN2O/c1-10(16)8-14-5-6-15-9-11-3-2-4-12(13)7-11/h2-4,7,10,14-16H,5-6,8-9H2,1H3/t10-/m1/s1. The maximum Gasteiger partial charge on any atom is 0.0636 e. The Labute approximate surface area is 102 Å². The molecule has 0 radical (unpaired) electrons. The molecule has 4 heteroatoms. The highest BCUT2D eigenvalue weighted by molar-refractivity contribution is 6.30. The van der Waals surface area contributed by atoms with E-state index in [1.807, 2.05) is 24.3 Å². The maximum atomic E-state index is 9.02. The normalized spacial score (nSPS) is 12.7. The molecular formula is C12H19ClN2O. The molecule has 0 heterocycles. The van der Waals surface area contributed by atoms with E-state index < -0.39 is 0 Å². The lowest BCUT2D eigenvalue weighted by atomic mass is 10.2. The highest BCUT2D eigenvalue weighted by Crippen LogP contribution is 2.09. The van der Waals surface area contributed by atoms with Crippen molar-refractivity contribution in [2.24, 2.45) is 0 Å². The van der Waals surface area contributed by atoms with E-state index in [-0.39, 0.29) is 6.10 Å². The molecule has 0 aliphatic carbocycles. The number of aliphatic hydroxyl groups excluding tert-OH is 1. The average molecular weight is 243 g/mol. The first-order valence-corrected chi connectivity index (χ1v) is 5.90. The number of benzene rings is 1. The van der Waals surface area contributed by atoms with Gasteiger partial charge in [0.15, 0.2) is 0 Å². The molecule has 0 aliphatic heterocycles. The van der Waals surface area contributed by atoms with Crippen LogP contribution in [0.4, 0.5) is 0 Å². The van der Waals surface area contributed by atoms with Crippen LogP contribution in [-0.2, 0) is 6.54 Å². The molecule has 0 bridgehead atoms. The third-order valence-corrected chi connectivity index (χ3v) is 2.37. The lowest BCUT2D eigenvalue weighted by Gasteiger charge is -2.08. The maximum absolute atomic E-state index is 9.02. The zero-order valence-electron chi connectivity index (χ0n) is 9.54. The van der Waals surface area contributed by atoms with Gasteiger partial charge >= 0.3 is 0 Å². The largest absolute Gasteiger partial charge is 0.392 e. The third kappa shape index (κ3) is 6.08. The van der Waals surface area contributed by atoms with Crippen LogP contribution < -0.4 is 10.6 Å². The molecular weight excluding hydrogens is 224 g/mol. The minimum absolute atomic E-state index is 0.284. The summed E-state index contributed by atoms with van der Waals surface area (Å²) in [5.41, 5.74) is 1.18. The molecule has 0 aliphatic rings. The summed E-state index contributed by atoms with van der Waals surface area (Å²) in [4.78, 5) is 0. The van der Waals surface area contributed by atoms with Gasteiger partial charge in [-0.05, 0) is 24.6 Å². The number of halogens is 1. The lowest BCUT2D eigenvalue weighted by molar-refractivity contribution is 0.191. The van der Waals surface area contributed by atoms with Crippen LogP contribution in [0.25, 0.3) is 0 Å². The Balaban J connectivity index is 2.07. The van der Waals surface area contributed by atoms with Crippen molar-refractivity contribution in [1.29, 1.82) is 0 Å². The minimum Gasteiger partial charge on any atom is -0.392 e. The molecule has 90 valence electrons. The predicted molar refractivity (Wildman–Crippen MR) is 67.7 cm³/mol. The third-order valence-electron chi connectivity index (χ3n) is 2.14. The highest BCUT2D eigenvalue weighted by atomic mass is 35.5. The van der Waals surface area contributed by atoms with Gasteiger partial charge in [-0.25, -0.2) is 0 Å². The molecule has 16 heavy (non-hydrogen) atoms. The van der Waals surface area contributed by atoms with E-state index in [2.05, 4.69) is 10.6 Å². The van der Waals surface area contributed by atoms with Crippen molar-refractivity contribution >= 4 is 11.6 Å². The smallest absolute Gasteiger partial charge is 0.0636 e. The number of aliphatic hydroxyl groups is 1. The van der Waals surface area contributed by atoms with Crippen molar-refractivity contribution in [3.8, 4) is 0 Å². The molecule has 1 atom stereocenters. The number of hydrogen-bond donors (Lipinski definition) is 3. The summed E-state index contributed by atoms with van der Waals surface area (Å²) in [5, 5.41) is 16.2. The monoisotopic (exact) mass is 242 g/mol. The fraction of sp³-hybridized carbons (Fsp3) is 0.500. The molecule has 0 amide bonds. The zero-order valence-corrected chi connectivity index (χ0v) is 10.3. The molecule has 0 saturated heterocycles. The Hall–Kier alpha value is -0.610. The number of rotatable bonds is 7. The zero-order chi connectivity index (χ0) is 11.8. The van der Waals surface area contributed by atoms with Crippen molar-refractivity contribution < 1.29 is 5.11 Å². The first-order chi connectivity index (χ1) is 7.68. The Morgan fingerprint density at radius 2 is 2.06 bits per heavy atom. The van der Waals surface area contributed by atoms with Crippen LogP contribution in [0.5, 0.6) is 0 Å². The molecule has 1 aromatic rings. The van der Waals surface area contributed by atoms with Crippen molar-refractivity contribution in [2.45, 2.75) is 19.6 Å². The summed E-state index contributed by atoms with van der Waals surface area (Å²) >= 11 is 5.87. The first kappa shape index (κ1) is 13.5.